The third kappa shape index (κ3) is 3.44. The Labute approximate surface area is 135 Å². The van der Waals surface area contributed by atoms with Crippen LogP contribution in [0.1, 0.15) is 12.8 Å². The van der Waals surface area contributed by atoms with Gasteiger partial charge in [-0.15, -0.1) is 0 Å². The zero-order chi connectivity index (χ0) is 16.2. The summed E-state index contributed by atoms with van der Waals surface area (Å²) in [4.78, 5) is 25.0. The van der Waals surface area contributed by atoms with Crippen molar-refractivity contribution in [2.45, 2.75) is 12.8 Å². The molecule has 1 aliphatic heterocycles. The van der Waals surface area contributed by atoms with E-state index >= 15 is 0 Å². The van der Waals surface area contributed by atoms with Gasteiger partial charge in [-0.25, -0.2) is 0 Å². The monoisotopic (exact) mass is 312 g/mol. The Hall–Kier alpha value is -2.56. The predicted octanol–water partition coefficient (Wildman–Crippen LogP) is 1.94. The SMILES string of the molecule is NC(=O)[C@@H]1CCN(C(=O)CCOc2cccc3ccccc23)C1. The van der Waals surface area contributed by atoms with Crippen molar-refractivity contribution in [3.05, 3.63) is 42.5 Å². The number of amides is 2. The van der Waals surface area contributed by atoms with Crippen LogP contribution in [0, 0.1) is 5.92 Å². The second-order valence-corrected chi connectivity index (χ2v) is 5.80. The molecule has 3 rings (SSSR count). The highest BCUT2D eigenvalue weighted by atomic mass is 16.5. The van der Waals surface area contributed by atoms with Crippen molar-refractivity contribution in [3.63, 3.8) is 0 Å². The minimum Gasteiger partial charge on any atom is -0.492 e. The summed E-state index contributed by atoms with van der Waals surface area (Å²) in [7, 11) is 0. The number of carbonyl (C=O) groups is 2. The number of benzene rings is 2. The van der Waals surface area contributed by atoms with Gasteiger partial charge in [0.1, 0.15) is 5.75 Å². The maximum absolute atomic E-state index is 12.2. The summed E-state index contributed by atoms with van der Waals surface area (Å²) in [6.45, 7) is 1.35. The number of nitrogens with two attached hydrogens (primary N) is 1. The molecule has 1 aliphatic rings. The van der Waals surface area contributed by atoms with E-state index in [1.807, 2.05) is 42.5 Å². The number of ether oxygens (including phenoxy) is 1. The molecule has 2 amide bonds. The van der Waals surface area contributed by atoms with E-state index in [0.717, 1.165) is 16.5 Å². The molecule has 0 aliphatic carbocycles. The third-order valence-corrected chi connectivity index (χ3v) is 4.27. The first-order chi connectivity index (χ1) is 11.1. The fourth-order valence-corrected chi connectivity index (χ4v) is 2.95. The molecule has 23 heavy (non-hydrogen) atoms. The van der Waals surface area contributed by atoms with Gasteiger partial charge in [0.05, 0.1) is 18.9 Å². The van der Waals surface area contributed by atoms with Gasteiger partial charge in [-0.2, -0.15) is 0 Å². The molecular weight excluding hydrogens is 292 g/mol. The summed E-state index contributed by atoms with van der Waals surface area (Å²) >= 11 is 0. The molecule has 0 unspecified atom stereocenters. The van der Waals surface area contributed by atoms with E-state index in [9.17, 15) is 9.59 Å². The van der Waals surface area contributed by atoms with E-state index in [1.54, 1.807) is 4.90 Å². The summed E-state index contributed by atoms with van der Waals surface area (Å²) < 4.78 is 5.78. The highest BCUT2D eigenvalue weighted by Gasteiger charge is 2.29. The summed E-state index contributed by atoms with van der Waals surface area (Å²) in [5, 5.41) is 2.15. The molecule has 0 spiro atoms. The number of primary amides is 1. The van der Waals surface area contributed by atoms with Crippen LogP contribution in [0.3, 0.4) is 0 Å². The third-order valence-electron chi connectivity index (χ3n) is 4.27. The summed E-state index contributed by atoms with van der Waals surface area (Å²) in [5.41, 5.74) is 5.29. The van der Waals surface area contributed by atoms with Gasteiger partial charge < -0.3 is 15.4 Å². The van der Waals surface area contributed by atoms with Crippen LogP contribution >= 0.6 is 0 Å². The van der Waals surface area contributed by atoms with Gasteiger partial charge in [0.15, 0.2) is 0 Å². The first kappa shape index (κ1) is 15.3. The summed E-state index contributed by atoms with van der Waals surface area (Å²) in [6, 6.07) is 13.9. The Bertz CT molecular complexity index is 724. The number of fused-ring (bicyclic) bond motifs is 1. The fourth-order valence-electron chi connectivity index (χ4n) is 2.95. The molecule has 1 heterocycles. The molecule has 5 nitrogen and oxygen atoms in total. The lowest BCUT2D eigenvalue weighted by Gasteiger charge is -2.16. The van der Waals surface area contributed by atoms with Gasteiger partial charge in [0, 0.05) is 18.5 Å². The summed E-state index contributed by atoms with van der Waals surface area (Å²) in [5.74, 6) is 0.256. The van der Waals surface area contributed by atoms with Crippen LogP contribution in [-0.2, 0) is 9.59 Å². The molecule has 120 valence electrons. The minimum atomic E-state index is -0.327. The highest BCUT2D eigenvalue weighted by Crippen LogP contribution is 2.25. The Morgan fingerprint density at radius 2 is 1.96 bits per heavy atom. The van der Waals surface area contributed by atoms with Crippen molar-refractivity contribution in [2.75, 3.05) is 19.7 Å². The van der Waals surface area contributed by atoms with Crippen molar-refractivity contribution < 1.29 is 14.3 Å². The van der Waals surface area contributed by atoms with Crippen LogP contribution in [0.5, 0.6) is 5.75 Å². The normalized spacial score (nSPS) is 17.4. The summed E-state index contributed by atoms with van der Waals surface area (Å²) in [6.07, 6.45) is 0.958. The number of hydrogen-bond acceptors (Lipinski definition) is 3. The van der Waals surface area contributed by atoms with Gasteiger partial charge in [0.25, 0.3) is 0 Å². The van der Waals surface area contributed by atoms with E-state index in [1.165, 1.54) is 0 Å². The van der Waals surface area contributed by atoms with Gasteiger partial charge >= 0.3 is 0 Å². The van der Waals surface area contributed by atoms with Crippen LogP contribution in [0.2, 0.25) is 0 Å². The van der Waals surface area contributed by atoms with Crippen LogP contribution in [0.4, 0.5) is 0 Å². The molecule has 2 N–H and O–H groups in total. The van der Waals surface area contributed by atoms with Crippen molar-refractivity contribution in [1.82, 2.24) is 4.90 Å². The second kappa shape index (κ2) is 6.69. The van der Waals surface area contributed by atoms with Crippen LogP contribution in [-0.4, -0.2) is 36.4 Å². The molecule has 1 saturated heterocycles. The Morgan fingerprint density at radius 3 is 2.74 bits per heavy atom. The van der Waals surface area contributed by atoms with Gasteiger partial charge in [0.2, 0.25) is 11.8 Å². The lowest BCUT2D eigenvalue weighted by Crippen LogP contribution is -2.32. The topological polar surface area (TPSA) is 72.6 Å². The average Bonchev–Trinajstić information content (AvgIpc) is 3.05. The van der Waals surface area contributed by atoms with Crippen molar-refractivity contribution in [2.24, 2.45) is 11.7 Å². The predicted molar refractivity (Wildman–Crippen MR) is 87.9 cm³/mol. The smallest absolute Gasteiger partial charge is 0.226 e. The minimum absolute atomic E-state index is 0.00832. The Kier molecular flexibility index (Phi) is 4.46. The van der Waals surface area contributed by atoms with E-state index in [-0.39, 0.29) is 17.7 Å². The molecule has 1 fully saturated rings. The molecular formula is C18H20N2O3. The number of likely N-dealkylation sites (tertiary alicyclic amines) is 1. The van der Waals surface area contributed by atoms with Crippen LogP contribution < -0.4 is 10.5 Å². The van der Waals surface area contributed by atoms with E-state index in [2.05, 4.69) is 0 Å². The van der Waals surface area contributed by atoms with Crippen molar-refractivity contribution >= 4 is 22.6 Å². The second-order valence-electron chi connectivity index (χ2n) is 5.80. The van der Waals surface area contributed by atoms with Crippen LogP contribution in [0.15, 0.2) is 42.5 Å². The number of rotatable bonds is 5. The quantitative estimate of drug-likeness (QED) is 0.917. The standard InChI is InChI=1S/C18H20N2O3/c19-18(22)14-8-10-20(12-14)17(21)9-11-23-16-7-3-5-13-4-1-2-6-15(13)16/h1-7,14H,8-12H2,(H2,19,22)/t14-/m1/s1. The molecule has 0 radical (unpaired) electrons. The lowest BCUT2D eigenvalue weighted by molar-refractivity contribution is -0.131. The lowest BCUT2D eigenvalue weighted by atomic mass is 10.1. The molecule has 5 heteroatoms. The van der Waals surface area contributed by atoms with Crippen molar-refractivity contribution in [3.8, 4) is 5.75 Å². The zero-order valence-electron chi connectivity index (χ0n) is 12.9. The Morgan fingerprint density at radius 1 is 1.17 bits per heavy atom. The average molecular weight is 312 g/mol. The number of nitrogens with zero attached hydrogens (tertiary/aromatic N) is 1. The molecule has 2 aromatic rings. The van der Waals surface area contributed by atoms with E-state index in [0.29, 0.717) is 32.5 Å². The zero-order valence-corrected chi connectivity index (χ0v) is 12.9. The molecule has 0 bridgehead atoms. The first-order valence-corrected chi connectivity index (χ1v) is 7.83. The van der Waals surface area contributed by atoms with Crippen LogP contribution in [0.25, 0.3) is 10.8 Å². The number of carbonyl (C=O) groups excluding carboxylic acids is 2. The largest absolute Gasteiger partial charge is 0.492 e. The molecule has 1 atom stereocenters. The fraction of sp³-hybridized carbons (Fsp3) is 0.333. The Balaban J connectivity index is 1.55. The maximum atomic E-state index is 12.2. The van der Waals surface area contributed by atoms with E-state index < -0.39 is 0 Å². The van der Waals surface area contributed by atoms with Gasteiger partial charge in [-0.3, -0.25) is 9.59 Å². The number of hydrogen-bond donors (Lipinski definition) is 1. The van der Waals surface area contributed by atoms with Crippen molar-refractivity contribution in [1.29, 1.82) is 0 Å². The highest BCUT2D eigenvalue weighted by molar-refractivity contribution is 5.88. The van der Waals surface area contributed by atoms with Gasteiger partial charge in [-0.05, 0) is 17.9 Å². The van der Waals surface area contributed by atoms with Gasteiger partial charge in [-0.1, -0.05) is 36.4 Å². The molecule has 0 aromatic heterocycles. The molecule has 0 saturated carbocycles. The van der Waals surface area contributed by atoms with E-state index in [4.69, 9.17) is 10.5 Å². The molecule has 2 aromatic carbocycles. The first-order valence-electron chi connectivity index (χ1n) is 7.83. The maximum Gasteiger partial charge on any atom is 0.226 e.